The van der Waals surface area contributed by atoms with E-state index in [1.807, 2.05) is 25.2 Å². The van der Waals surface area contributed by atoms with Crippen molar-refractivity contribution in [3.8, 4) is 0 Å². The van der Waals surface area contributed by atoms with Gasteiger partial charge in [0.25, 0.3) is 0 Å². The van der Waals surface area contributed by atoms with E-state index < -0.39 is 0 Å². The fraction of sp³-hybridized carbons (Fsp3) is 0.444. The highest BCUT2D eigenvalue weighted by Crippen LogP contribution is 2.21. The number of nitrogens with one attached hydrogen (secondary N) is 1. The molecule has 0 atom stereocenters. The summed E-state index contributed by atoms with van der Waals surface area (Å²) in [5.74, 6) is 0.556. The minimum Gasteiger partial charge on any atom is -0.408 e. The average Bonchev–Trinajstić information content (AvgIpc) is 2.83. The van der Waals surface area contributed by atoms with Gasteiger partial charge in [0.15, 0.2) is 5.13 Å². The van der Waals surface area contributed by atoms with Crippen molar-refractivity contribution in [1.29, 1.82) is 0 Å². The molecule has 0 fully saturated rings. The zero-order chi connectivity index (χ0) is 11.5. The summed E-state index contributed by atoms with van der Waals surface area (Å²) in [6.07, 6.45) is 1.84. The van der Waals surface area contributed by atoms with Gasteiger partial charge < -0.3 is 14.6 Å². The molecular weight excluding hydrogens is 226 g/mol. The summed E-state index contributed by atoms with van der Waals surface area (Å²) in [4.78, 5) is 7.37. The number of nitrogens with zero attached hydrogens (tertiary/aromatic N) is 4. The Kier molecular flexibility index (Phi) is 3.04. The van der Waals surface area contributed by atoms with E-state index in [1.54, 1.807) is 18.3 Å². The summed E-state index contributed by atoms with van der Waals surface area (Å²) in [5.41, 5.74) is 0. The van der Waals surface area contributed by atoms with Gasteiger partial charge in [0.2, 0.25) is 5.89 Å². The van der Waals surface area contributed by atoms with Gasteiger partial charge in [0.1, 0.15) is 0 Å². The lowest BCUT2D eigenvalue weighted by Crippen LogP contribution is -2.07. The molecule has 0 radical (unpaired) electrons. The van der Waals surface area contributed by atoms with Crippen LogP contribution in [-0.2, 0) is 6.54 Å². The predicted molar refractivity (Wildman–Crippen MR) is 62.8 cm³/mol. The topological polar surface area (TPSA) is 67.1 Å². The molecule has 0 amide bonds. The van der Waals surface area contributed by atoms with Crippen molar-refractivity contribution >= 4 is 22.5 Å². The first kappa shape index (κ1) is 10.9. The van der Waals surface area contributed by atoms with Gasteiger partial charge in [-0.15, -0.1) is 16.4 Å². The molecular formula is C9H13N5OS. The van der Waals surface area contributed by atoms with E-state index in [9.17, 15) is 0 Å². The molecule has 2 rings (SSSR count). The quantitative estimate of drug-likeness (QED) is 0.872. The zero-order valence-electron chi connectivity index (χ0n) is 9.39. The number of aryl methyl sites for hydroxylation is 1. The van der Waals surface area contributed by atoms with Crippen molar-refractivity contribution in [1.82, 2.24) is 15.2 Å². The van der Waals surface area contributed by atoms with Crippen molar-refractivity contribution in [2.24, 2.45) is 0 Å². The van der Waals surface area contributed by atoms with Gasteiger partial charge in [0, 0.05) is 32.1 Å². The zero-order valence-corrected chi connectivity index (χ0v) is 10.2. The van der Waals surface area contributed by atoms with Crippen LogP contribution in [0.3, 0.4) is 0 Å². The van der Waals surface area contributed by atoms with Crippen LogP contribution in [0.5, 0.6) is 0 Å². The largest absolute Gasteiger partial charge is 0.408 e. The number of rotatable bonds is 4. The first-order valence-corrected chi connectivity index (χ1v) is 5.63. The Morgan fingerprint density at radius 2 is 2.25 bits per heavy atom. The maximum atomic E-state index is 5.20. The highest BCUT2D eigenvalue weighted by Gasteiger charge is 2.05. The van der Waals surface area contributed by atoms with Crippen molar-refractivity contribution in [2.75, 3.05) is 24.3 Å². The fourth-order valence-corrected chi connectivity index (χ4v) is 1.89. The third-order valence-corrected chi connectivity index (χ3v) is 3.03. The van der Waals surface area contributed by atoms with Crippen LogP contribution in [0.4, 0.5) is 11.1 Å². The summed E-state index contributed by atoms with van der Waals surface area (Å²) >= 11 is 1.63. The van der Waals surface area contributed by atoms with Crippen LogP contribution < -0.4 is 10.2 Å². The Balaban J connectivity index is 1.94. The smallest absolute Gasteiger partial charge is 0.315 e. The van der Waals surface area contributed by atoms with Crippen LogP contribution in [0.15, 0.2) is 10.6 Å². The van der Waals surface area contributed by atoms with Crippen LogP contribution >= 0.6 is 11.3 Å². The molecule has 0 bridgehead atoms. The molecule has 1 N–H and O–H groups in total. The molecule has 2 aromatic rings. The number of anilines is 2. The average molecular weight is 239 g/mol. The molecule has 0 saturated carbocycles. The lowest BCUT2D eigenvalue weighted by molar-refractivity contribution is 0.531. The van der Waals surface area contributed by atoms with Crippen molar-refractivity contribution < 1.29 is 4.42 Å². The molecule has 16 heavy (non-hydrogen) atoms. The maximum absolute atomic E-state index is 5.20. The van der Waals surface area contributed by atoms with Crippen LogP contribution in [0.1, 0.15) is 10.8 Å². The molecule has 0 spiro atoms. The van der Waals surface area contributed by atoms with Gasteiger partial charge in [-0.05, 0) is 0 Å². The second-order valence-corrected chi connectivity index (χ2v) is 4.58. The standard InChI is InChI=1S/C9H13N5OS/c1-6-12-13-8(15-6)10-4-7-5-11-9(16-7)14(2)3/h5H,4H2,1-3H3,(H,10,13). The molecule has 0 aliphatic rings. The maximum Gasteiger partial charge on any atom is 0.315 e. The van der Waals surface area contributed by atoms with Crippen LogP contribution in [-0.4, -0.2) is 29.3 Å². The van der Waals surface area contributed by atoms with Gasteiger partial charge in [-0.1, -0.05) is 5.10 Å². The normalized spacial score (nSPS) is 10.4. The molecule has 6 nitrogen and oxygen atoms in total. The SMILES string of the molecule is Cc1nnc(NCc2cnc(N(C)C)s2)o1. The first-order valence-electron chi connectivity index (χ1n) is 4.81. The number of hydrogen-bond acceptors (Lipinski definition) is 7. The number of aromatic nitrogens is 3. The molecule has 0 aromatic carbocycles. The summed E-state index contributed by atoms with van der Waals surface area (Å²) in [6, 6.07) is 0.442. The van der Waals surface area contributed by atoms with Gasteiger partial charge >= 0.3 is 6.01 Å². The highest BCUT2D eigenvalue weighted by molar-refractivity contribution is 7.15. The highest BCUT2D eigenvalue weighted by atomic mass is 32.1. The summed E-state index contributed by atoms with van der Waals surface area (Å²) in [5, 5.41) is 11.6. The molecule has 7 heteroatoms. The second-order valence-electron chi connectivity index (χ2n) is 3.48. The van der Waals surface area contributed by atoms with E-state index in [4.69, 9.17) is 4.42 Å². The second kappa shape index (κ2) is 4.48. The molecule has 2 heterocycles. The summed E-state index contributed by atoms with van der Waals surface area (Å²) < 4.78 is 5.20. The lowest BCUT2D eigenvalue weighted by atomic mass is 10.5. The Labute approximate surface area is 97.3 Å². The van der Waals surface area contributed by atoms with Crippen LogP contribution in [0.2, 0.25) is 0 Å². The molecule has 86 valence electrons. The van der Waals surface area contributed by atoms with Crippen LogP contribution in [0, 0.1) is 6.92 Å². The van der Waals surface area contributed by atoms with E-state index in [1.165, 1.54) is 0 Å². The predicted octanol–water partition coefficient (Wildman–Crippen LogP) is 1.51. The summed E-state index contributed by atoms with van der Waals surface area (Å²) in [6.45, 7) is 2.40. The molecule has 0 aliphatic carbocycles. The van der Waals surface area contributed by atoms with E-state index in [-0.39, 0.29) is 0 Å². The van der Waals surface area contributed by atoms with Gasteiger partial charge in [-0.2, -0.15) is 0 Å². The number of hydrogen-bond donors (Lipinski definition) is 1. The van der Waals surface area contributed by atoms with E-state index in [0.717, 1.165) is 10.0 Å². The van der Waals surface area contributed by atoms with Crippen LogP contribution in [0.25, 0.3) is 0 Å². The summed E-state index contributed by atoms with van der Waals surface area (Å²) in [7, 11) is 3.94. The van der Waals surface area contributed by atoms with Crippen molar-refractivity contribution in [3.63, 3.8) is 0 Å². The minimum absolute atomic E-state index is 0.442. The third kappa shape index (κ3) is 2.48. The van der Waals surface area contributed by atoms with E-state index in [0.29, 0.717) is 18.5 Å². The third-order valence-electron chi connectivity index (χ3n) is 1.86. The minimum atomic E-state index is 0.442. The Hall–Kier alpha value is -1.63. The Morgan fingerprint density at radius 1 is 1.44 bits per heavy atom. The molecule has 2 aromatic heterocycles. The lowest BCUT2D eigenvalue weighted by Gasteiger charge is -2.05. The fourth-order valence-electron chi connectivity index (χ4n) is 1.12. The monoisotopic (exact) mass is 239 g/mol. The Bertz CT molecular complexity index is 464. The van der Waals surface area contributed by atoms with Gasteiger partial charge in [0.05, 0.1) is 6.54 Å². The van der Waals surface area contributed by atoms with Crippen molar-refractivity contribution in [2.45, 2.75) is 13.5 Å². The van der Waals surface area contributed by atoms with E-state index >= 15 is 0 Å². The molecule has 0 saturated heterocycles. The number of thiazole rings is 1. The molecule has 0 unspecified atom stereocenters. The van der Waals surface area contributed by atoms with Gasteiger partial charge in [-0.25, -0.2) is 4.98 Å². The van der Waals surface area contributed by atoms with Crippen molar-refractivity contribution in [3.05, 3.63) is 17.0 Å². The Morgan fingerprint density at radius 3 is 2.81 bits per heavy atom. The first-order chi connectivity index (χ1) is 7.65. The van der Waals surface area contributed by atoms with Gasteiger partial charge in [-0.3, -0.25) is 0 Å². The van der Waals surface area contributed by atoms with E-state index in [2.05, 4.69) is 20.5 Å². The molecule has 0 aliphatic heterocycles.